The molecule has 0 aliphatic carbocycles. The maximum absolute atomic E-state index is 12.7. The molecule has 1 fully saturated rings. The van der Waals surface area contributed by atoms with E-state index in [0.29, 0.717) is 47.0 Å². The minimum Gasteiger partial charge on any atom is -0.492 e. The van der Waals surface area contributed by atoms with E-state index in [4.69, 9.17) is 4.74 Å². The Bertz CT molecular complexity index is 938. The molecule has 31 heavy (non-hydrogen) atoms. The number of nitriles is 1. The van der Waals surface area contributed by atoms with Gasteiger partial charge < -0.3 is 10.1 Å². The molecule has 0 spiro atoms. The van der Waals surface area contributed by atoms with E-state index in [2.05, 4.69) is 42.0 Å². The molecule has 1 aromatic heterocycles. The Labute approximate surface area is 195 Å². The van der Waals surface area contributed by atoms with Crippen molar-refractivity contribution >= 4 is 29.7 Å². The lowest BCUT2D eigenvalue weighted by Crippen LogP contribution is -2.36. The fourth-order valence-corrected chi connectivity index (χ4v) is 4.56. The smallest absolute Gasteiger partial charge is 0.263 e. The minimum absolute atomic E-state index is 0. The van der Waals surface area contributed by atoms with Crippen LogP contribution in [0, 0.1) is 24.2 Å². The second-order valence-electron chi connectivity index (χ2n) is 8.24. The SMILES string of the molecule is Cc1nc(-c2ccc(OCC(C)C)c(C#N)c2)sc1C(=O)NCCN1CCCC1C.Cl. The second-order valence-corrected chi connectivity index (χ2v) is 9.24. The van der Waals surface area contributed by atoms with Crippen LogP contribution in [0.2, 0.25) is 0 Å². The number of thiazole rings is 1. The van der Waals surface area contributed by atoms with Crippen molar-refractivity contribution < 1.29 is 9.53 Å². The first-order valence-corrected chi connectivity index (χ1v) is 11.4. The monoisotopic (exact) mass is 462 g/mol. The molecular formula is C23H31ClN4O2S. The summed E-state index contributed by atoms with van der Waals surface area (Å²) in [7, 11) is 0. The van der Waals surface area contributed by atoms with Gasteiger partial charge in [0.1, 0.15) is 21.7 Å². The lowest BCUT2D eigenvalue weighted by Gasteiger charge is -2.20. The number of likely N-dealkylation sites (tertiary alicyclic amines) is 1. The number of nitrogens with one attached hydrogen (secondary N) is 1. The molecule has 3 rings (SSSR count). The van der Waals surface area contributed by atoms with Gasteiger partial charge in [-0.15, -0.1) is 23.7 Å². The molecule has 1 aliphatic rings. The van der Waals surface area contributed by atoms with Crippen molar-refractivity contribution in [2.24, 2.45) is 5.92 Å². The highest BCUT2D eigenvalue weighted by Gasteiger charge is 2.21. The van der Waals surface area contributed by atoms with E-state index in [9.17, 15) is 10.1 Å². The Morgan fingerprint density at radius 2 is 2.23 bits per heavy atom. The lowest BCUT2D eigenvalue weighted by molar-refractivity contribution is 0.0951. The molecule has 0 bridgehead atoms. The summed E-state index contributed by atoms with van der Waals surface area (Å²) in [6, 6.07) is 8.28. The number of hydrogen-bond acceptors (Lipinski definition) is 6. The quantitative estimate of drug-likeness (QED) is 0.617. The molecule has 1 saturated heterocycles. The highest BCUT2D eigenvalue weighted by molar-refractivity contribution is 7.17. The molecule has 1 amide bonds. The van der Waals surface area contributed by atoms with E-state index >= 15 is 0 Å². The van der Waals surface area contributed by atoms with Crippen molar-refractivity contribution in [3.8, 4) is 22.4 Å². The molecule has 1 atom stereocenters. The summed E-state index contributed by atoms with van der Waals surface area (Å²) in [5.41, 5.74) is 2.01. The number of halogens is 1. The molecule has 8 heteroatoms. The fraction of sp³-hybridized carbons (Fsp3) is 0.522. The first-order chi connectivity index (χ1) is 14.4. The molecule has 1 N–H and O–H groups in total. The number of aromatic nitrogens is 1. The molecule has 0 radical (unpaired) electrons. The van der Waals surface area contributed by atoms with E-state index < -0.39 is 0 Å². The third kappa shape index (κ3) is 6.42. The van der Waals surface area contributed by atoms with Gasteiger partial charge in [-0.1, -0.05) is 13.8 Å². The van der Waals surface area contributed by atoms with Gasteiger partial charge in [0.2, 0.25) is 0 Å². The number of carbonyl (C=O) groups is 1. The Balaban J connectivity index is 0.00000341. The summed E-state index contributed by atoms with van der Waals surface area (Å²) in [5, 5.41) is 13.3. The molecule has 2 aromatic rings. The summed E-state index contributed by atoms with van der Waals surface area (Å²) >= 11 is 1.36. The molecule has 1 unspecified atom stereocenters. The van der Waals surface area contributed by atoms with Crippen LogP contribution in [0.25, 0.3) is 10.6 Å². The van der Waals surface area contributed by atoms with Crippen LogP contribution >= 0.6 is 23.7 Å². The van der Waals surface area contributed by atoms with E-state index in [1.165, 1.54) is 24.2 Å². The van der Waals surface area contributed by atoms with Crippen LogP contribution in [0.3, 0.4) is 0 Å². The number of ether oxygens (including phenoxy) is 1. The van der Waals surface area contributed by atoms with Crippen LogP contribution in [-0.2, 0) is 0 Å². The van der Waals surface area contributed by atoms with Gasteiger partial charge in [-0.2, -0.15) is 5.26 Å². The molecule has 1 aromatic carbocycles. The van der Waals surface area contributed by atoms with Crippen molar-refractivity contribution in [3.63, 3.8) is 0 Å². The van der Waals surface area contributed by atoms with Crippen molar-refractivity contribution in [3.05, 3.63) is 34.3 Å². The molecular weight excluding hydrogens is 432 g/mol. The summed E-state index contributed by atoms with van der Waals surface area (Å²) in [6.07, 6.45) is 2.47. The first-order valence-electron chi connectivity index (χ1n) is 10.6. The summed E-state index contributed by atoms with van der Waals surface area (Å²) in [4.78, 5) is 20.3. The third-order valence-corrected chi connectivity index (χ3v) is 6.50. The summed E-state index contributed by atoms with van der Waals surface area (Å²) < 4.78 is 5.73. The van der Waals surface area contributed by atoms with E-state index in [1.807, 2.05) is 19.1 Å². The van der Waals surface area contributed by atoms with Gasteiger partial charge in [-0.05, 0) is 57.4 Å². The number of carbonyl (C=O) groups excluding carboxylic acids is 1. The average molecular weight is 463 g/mol. The van der Waals surface area contributed by atoms with E-state index in [0.717, 1.165) is 23.7 Å². The Hall–Kier alpha value is -2.14. The largest absolute Gasteiger partial charge is 0.492 e. The predicted octanol–water partition coefficient (Wildman–Crippen LogP) is 4.66. The second kappa shape index (κ2) is 11.5. The van der Waals surface area contributed by atoms with Gasteiger partial charge >= 0.3 is 0 Å². The number of amides is 1. The Morgan fingerprint density at radius 3 is 2.87 bits per heavy atom. The zero-order chi connectivity index (χ0) is 21.7. The average Bonchev–Trinajstić information content (AvgIpc) is 3.31. The van der Waals surface area contributed by atoms with Crippen LogP contribution < -0.4 is 10.1 Å². The van der Waals surface area contributed by atoms with Crippen molar-refractivity contribution in [1.82, 2.24) is 15.2 Å². The number of hydrogen-bond donors (Lipinski definition) is 1. The normalized spacial score (nSPS) is 16.1. The molecule has 6 nitrogen and oxygen atoms in total. The molecule has 2 heterocycles. The van der Waals surface area contributed by atoms with Crippen molar-refractivity contribution in [1.29, 1.82) is 5.26 Å². The lowest BCUT2D eigenvalue weighted by atomic mass is 10.1. The standard InChI is InChI=1S/C23H30N4O2S.ClH/c1-15(2)14-29-20-8-7-18(12-19(20)13-24)23-26-17(4)21(30-23)22(28)25-9-11-27-10-5-6-16(27)3;/h7-8,12,15-16H,5-6,9-11,14H2,1-4H3,(H,25,28);1H. The maximum atomic E-state index is 12.7. The van der Waals surface area contributed by atoms with Crippen LogP contribution in [0.4, 0.5) is 0 Å². The van der Waals surface area contributed by atoms with Gasteiger partial charge in [0.15, 0.2) is 0 Å². The van der Waals surface area contributed by atoms with Crippen LogP contribution in [0.1, 0.15) is 54.5 Å². The van der Waals surface area contributed by atoms with Crippen molar-refractivity contribution in [2.75, 3.05) is 26.2 Å². The number of nitrogens with zero attached hydrogens (tertiary/aromatic N) is 3. The topological polar surface area (TPSA) is 78.2 Å². The third-order valence-electron chi connectivity index (χ3n) is 5.30. The van der Waals surface area contributed by atoms with Gasteiger partial charge in [0, 0.05) is 24.7 Å². The van der Waals surface area contributed by atoms with Gasteiger partial charge in [-0.25, -0.2) is 4.98 Å². The minimum atomic E-state index is -0.0829. The highest BCUT2D eigenvalue weighted by Crippen LogP contribution is 2.31. The zero-order valence-corrected chi connectivity index (χ0v) is 20.2. The van der Waals surface area contributed by atoms with Gasteiger partial charge in [0.25, 0.3) is 5.91 Å². The first kappa shape index (κ1) is 25.1. The number of aryl methyl sites for hydroxylation is 1. The maximum Gasteiger partial charge on any atom is 0.263 e. The Morgan fingerprint density at radius 1 is 1.45 bits per heavy atom. The Kier molecular flexibility index (Phi) is 9.30. The fourth-order valence-electron chi connectivity index (χ4n) is 3.58. The van der Waals surface area contributed by atoms with Crippen molar-refractivity contribution in [2.45, 2.75) is 46.6 Å². The van der Waals surface area contributed by atoms with Crippen LogP contribution in [0.5, 0.6) is 5.75 Å². The van der Waals surface area contributed by atoms with E-state index in [1.54, 1.807) is 6.07 Å². The van der Waals surface area contributed by atoms with E-state index in [-0.39, 0.29) is 18.3 Å². The van der Waals surface area contributed by atoms with Gasteiger partial charge in [0.05, 0.1) is 17.9 Å². The number of benzene rings is 1. The summed E-state index contributed by atoms with van der Waals surface area (Å²) in [5.74, 6) is 0.880. The van der Waals surface area contributed by atoms with Crippen LogP contribution in [0.15, 0.2) is 18.2 Å². The summed E-state index contributed by atoms with van der Waals surface area (Å²) in [6.45, 7) is 11.4. The van der Waals surface area contributed by atoms with Crippen LogP contribution in [-0.4, -0.2) is 48.1 Å². The number of rotatable bonds is 8. The molecule has 1 aliphatic heterocycles. The van der Waals surface area contributed by atoms with Gasteiger partial charge in [-0.3, -0.25) is 9.69 Å². The highest BCUT2D eigenvalue weighted by atomic mass is 35.5. The molecule has 168 valence electrons. The zero-order valence-electron chi connectivity index (χ0n) is 18.6. The predicted molar refractivity (Wildman–Crippen MR) is 127 cm³/mol. The molecule has 0 saturated carbocycles.